The van der Waals surface area contributed by atoms with Crippen molar-refractivity contribution in [2.24, 2.45) is 5.73 Å². The first-order chi connectivity index (χ1) is 10.2. The van der Waals surface area contributed by atoms with E-state index in [9.17, 15) is 0 Å². The van der Waals surface area contributed by atoms with Crippen molar-refractivity contribution in [3.8, 4) is 11.8 Å². The van der Waals surface area contributed by atoms with Crippen LogP contribution in [-0.2, 0) is 0 Å². The molecule has 0 aromatic carbocycles. The standard InChI is InChI=1S/C13H16N4O2.C2H6/c1-10-5-12(7-15-6-10)18-8-11(14)9-19-13-16-3-2-4-17-13;1-2/h2-7,11H,8-9,14H2,1H3;1-2H3. The Kier molecular flexibility index (Phi) is 7.74. The summed E-state index contributed by atoms with van der Waals surface area (Å²) in [5, 5.41) is 0. The molecule has 114 valence electrons. The molecule has 0 amide bonds. The molecule has 21 heavy (non-hydrogen) atoms. The topological polar surface area (TPSA) is 83.2 Å². The summed E-state index contributed by atoms with van der Waals surface area (Å²) in [6.07, 6.45) is 6.65. The molecule has 2 rings (SSSR count). The molecule has 2 N–H and O–H groups in total. The highest BCUT2D eigenvalue weighted by Gasteiger charge is 2.06. The zero-order chi connectivity index (χ0) is 15.5. The largest absolute Gasteiger partial charge is 0.490 e. The highest BCUT2D eigenvalue weighted by molar-refractivity contribution is 5.22. The van der Waals surface area contributed by atoms with E-state index in [2.05, 4.69) is 15.0 Å². The van der Waals surface area contributed by atoms with Crippen molar-refractivity contribution in [2.75, 3.05) is 13.2 Å². The number of nitrogens with zero attached hydrogens (tertiary/aromatic N) is 3. The van der Waals surface area contributed by atoms with Gasteiger partial charge in [-0.1, -0.05) is 13.8 Å². The molecule has 0 aliphatic carbocycles. The number of aromatic nitrogens is 3. The van der Waals surface area contributed by atoms with Crippen LogP contribution in [0.3, 0.4) is 0 Å². The predicted octanol–water partition coefficient (Wildman–Crippen LogP) is 1.99. The maximum absolute atomic E-state index is 5.88. The minimum atomic E-state index is -0.260. The van der Waals surface area contributed by atoms with Gasteiger partial charge < -0.3 is 15.2 Å². The molecule has 0 saturated carbocycles. The fourth-order valence-electron chi connectivity index (χ4n) is 1.40. The molecule has 6 heteroatoms. The third-order valence-corrected chi connectivity index (χ3v) is 2.28. The average molecular weight is 290 g/mol. The number of pyridine rings is 1. The molecular weight excluding hydrogens is 268 g/mol. The normalized spacial score (nSPS) is 11.0. The lowest BCUT2D eigenvalue weighted by Crippen LogP contribution is -2.34. The molecule has 0 fully saturated rings. The Hall–Kier alpha value is -2.21. The Bertz CT molecular complexity index is 508. The summed E-state index contributed by atoms with van der Waals surface area (Å²) in [7, 11) is 0. The van der Waals surface area contributed by atoms with E-state index >= 15 is 0 Å². The average Bonchev–Trinajstić information content (AvgIpc) is 2.54. The summed E-state index contributed by atoms with van der Waals surface area (Å²) >= 11 is 0. The quantitative estimate of drug-likeness (QED) is 0.876. The number of hydrogen-bond acceptors (Lipinski definition) is 6. The van der Waals surface area contributed by atoms with E-state index < -0.39 is 0 Å². The van der Waals surface area contributed by atoms with E-state index in [1.54, 1.807) is 30.9 Å². The maximum atomic E-state index is 5.88. The van der Waals surface area contributed by atoms with Gasteiger partial charge in [0.15, 0.2) is 0 Å². The summed E-state index contributed by atoms with van der Waals surface area (Å²) in [5.41, 5.74) is 6.92. The first-order valence-corrected chi connectivity index (χ1v) is 6.94. The van der Waals surface area contributed by atoms with Crippen LogP contribution in [0, 0.1) is 6.92 Å². The lowest BCUT2D eigenvalue weighted by atomic mass is 10.3. The Morgan fingerprint density at radius 2 is 1.76 bits per heavy atom. The Balaban J connectivity index is 0.00000106. The molecule has 0 spiro atoms. The predicted molar refractivity (Wildman–Crippen MR) is 81.3 cm³/mol. The second-order valence-electron chi connectivity index (χ2n) is 4.11. The summed E-state index contributed by atoms with van der Waals surface area (Å²) in [5.74, 6) is 0.700. The van der Waals surface area contributed by atoms with Crippen molar-refractivity contribution in [1.82, 2.24) is 15.0 Å². The van der Waals surface area contributed by atoms with Crippen molar-refractivity contribution >= 4 is 0 Å². The van der Waals surface area contributed by atoms with E-state index in [1.165, 1.54) is 0 Å². The fourth-order valence-corrected chi connectivity index (χ4v) is 1.40. The second kappa shape index (κ2) is 9.66. The lowest BCUT2D eigenvalue weighted by molar-refractivity contribution is 0.210. The molecule has 0 bridgehead atoms. The number of ether oxygens (including phenoxy) is 2. The molecule has 0 aliphatic heterocycles. The van der Waals surface area contributed by atoms with Gasteiger partial charge in [0.05, 0.1) is 12.2 Å². The molecule has 2 heterocycles. The van der Waals surface area contributed by atoms with Gasteiger partial charge in [0, 0.05) is 18.6 Å². The van der Waals surface area contributed by atoms with Gasteiger partial charge in [-0.05, 0) is 24.6 Å². The maximum Gasteiger partial charge on any atom is 0.316 e. The lowest BCUT2D eigenvalue weighted by Gasteiger charge is -2.13. The highest BCUT2D eigenvalue weighted by Crippen LogP contribution is 2.10. The Labute approximate surface area is 125 Å². The molecular formula is C15H22N4O2. The molecule has 0 radical (unpaired) electrons. The Morgan fingerprint density at radius 1 is 1.10 bits per heavy atom. The first-order valence-electron chi connectivity index (χ1n) is 6.94. The zero-order valence-electron chi connectivity index (χ0n) is 12.7. The van der Waals surface area contributed by atoms with Crippen molar-refractivity contribution in [3.63, 3.8) is 0 Å². The van der Waals surface area contributed by atoms with E-state index in [-0.39, 0.29) is 6.04 Å². The third kappa shape index (κ3) is 6.67. The van der Waals surface area contributed by atoms with Gasteiger partial charge in [0.25, 0.3) is 0 Å². The molecule has 1 unspecified atom stereocenters. The molecule has 6 nitrogen and oxygen atoms in total. The van der Waals surface area contributed by atoms with Crippen molar-refractivity contribution in [2.45, 2.75) is 26.8 Å². The van der Waals surface area contributed by atoms with Gasteiger partial charge >= 0.3 is 6.01 Å². The number of aryl methyl sites for hydroxylation is 1. The fraction of sp³-hybridized carbons (Fsp3) is 0.400. The number of rotatable bonds is 6. The van der Waals surface area contributed by atoms with Crippen molar-refractivity contribution in [1.29, 1.82) is 0 Å². The summed E-state index contributed by atoms with van der Waals surface area (Å²) in [4.78, 5) is 11.9. The summed E-state index contributed by atoms with van der Waals surface area (Å²) < 4.78 is 10.9. The van der Waals surface area contributed by atoms with Gasteiger partial charge in [0.1, 0.15) is 19.0 Å². The van der Waals surface area contributed by atoms with Crippen LogP contribution >= 0.6 is 0 Å². The van der Waals surface area contributed by atoms with Crippen LogP contribution in [0.1, 0.15) is 19.4 Å². The van der Waals surface area contributed by atoms with Crippen LogP contribution in [0.2, 0.25) is 0 Å². The molecule has 0 aliphatic rings. The number of nitrogens with two attached hydrogens (primary N) is 1. The first kappa shape index (κ1) is 16.8. The molecule has 2 aromatic heterocycles. The summed E-state index contributed by atoms with van der Waals surface area (Å²) in [6.45, 7) is 6.59. The van der Waals surface area contributed by atoms with Gasteiger partial charge in [-0.2, -0.15) is 0 Å². The molecule has 0 saturated heterocycles. The van der Waals surface area contributed by atoms with Crippen LogP contribution in [0.25, 0.3) is 0 Å². The Morgan fingerprint density at radius 3 is 2.43 bits per heavy atom. The van der Waals surface area contributed by atoms with E-state index in [4.69, 9.17) is 15.2 Å². The van der Waals surface area contributed by atoms with E-state index in [0.717, 1.165) is 5.56 Å². The third-order valence-electron chi connectivity index (χ3n) is 2.28. The molecule has 1 atom stereocenters. The van der Waals surface area contributed by atoms with Crippen LogP contribution in [0.15, 0.2) is 36.9 Å². The van der Waals surface area contributed by atoms with Gasteiger partial charge in [0.2, 0.25) is 0 Å². The van der Waals surface area contributed by atoms with Crippen LogP contribution in [-0.4, -0.2) is 34.2 Å². The van der Waals surface area contributed by atoms with Gasteiger partial charge in [-0.15, -0.1) is 0 Å². The van der Waals surface area contributed by atoms with E-state index in [1.807, 2.05) is 26.8 Å². The number of hydrogen-bond donors (Lipinski definition) is 1. The van der Waals surface area contributed by atoms with Gasteiger partial charge in [-0.3, -0.25) is 4.98 Å². The second-order valence-corrected chi connectivity index (χ2v) is 4.11. The minimum absolute atomic E-state index is 0.260. The highest BCUT2D eigenvalue weighted by atomic mass is 16.5. The SMILES string of the molecule is CC.Cc1cncc(OCC(N)COc2ncccn2)c1. The van der Waals surface area contributed by atoms with E-state index in [0.29, 0.717) is 25.0 Å². The van der Waals surface area contributed by atoms with Crippen LogP contribution < -0.4 is 15.2 Å². The monoisotopic (exact) mass is 290 g/mol. The molecule has 2 aromatic rings. The zero-order valence-corrected chi connectivity index (χ0v) is 12.7. The van der Waals surface area contributed by atoms with Gasteiger partial charge in [-0.25, -0.2) is 9.97 Å². The van der Waals surface area contributed by atoms with Crippen molar-refractivity contribution < 1.29 is 9.47 Å². The summed E-state index contributed by atoms with van der Waals surface area (Å²) in [6, 6.07) is 3.68. The smallest absolute Gasteiger partial charge is 0.316 e. The van der Waals surface area contributed by atoms with Crippen LogP contribution in [0.5, 0.6) is 11.8 Å². The van der Waals surface area contributed by atoms with Crippen molar-refractivity contribution in [3.05, 3.63) is 42.5 Å². The van der Waals surface area contributed by atoms with Crippen LogP contribution in [0.4, 0.5) is 0 Å². The minimum Gasteiger partial charge on any atom is -0.490 e.